The maximum atomic E-state index is 13.5. The summed E-state index contributed by atoms with van der Waals surface area (Å²) in [6.07, 6.45) is 3.24. The van der Waals surface area contributed by atoms with Crippen LogP contribution in [0.25, 0.3) is 0 Å². The van der Waals surface area contributed by atoms with Gasteiger partial charge < -0.3 is 13.9 Å². The van der Waals surface area contributed by atoms with Crippen LogP contribution in [0, 0.1) is 0 Å². The molecule has 36 heavy (non-hydrogen) atoms. The zero-order valence-electron chi connectivity index (χ0n) is 23.1. The fraction of sp³-hybridized carbons (Fsp3) is 0.586. The highest BCUT2D eigenvalue weighted by molar-refractivity contribution is 6.74. The lowest BCUT2D eigenvalue weighted by atomic mass is 9.80. The third kappa shape index (κ3) is 5.59. The summed E-state index contributed by atoms with van der Waals surface area (Å²) >= 11 is 0. The lowest BCUT2D eigenvalue weighted by Gasteiger charge is -2.47. The summed E-state index contributed by atoms with van der Waals surface area (Å²) in [4.78, 5) is 28.4. The van der Waals surface area contributed by atoms with Gasteiger partial charge >= 0.3 is 5.97 Å². The van der Waals surface area contributed by atoms with Gasteiger partial charge in [-0.1, -0.05) is 57.2 Å². The molecule has 0 radical (unpaired) electrons. The molecule has 6 nitrogen and oxygen atoms in total. The van der Waals surface area contributed by atoms with Crippen molar-refractivity contribution in [1.29, 1.82) is 0 Å². The van der Waals surface area contributed by atoms with Crippen molar-refractivity contribution in [1.82, 2.24) is 4.90 Å². The molecule has 0 N–H and O–H groups in total. The van der Waals surface area contributed by atoms with E-state index < -0.39 is 19.8 Å². The maximum absolute atomic E-state index is 13.5. The maximum Gasteiger partial charge on any atom is 0.333 e. The van der Waals surface area contributed by atoms with Crippen molar-refractivity contribution in [3.8, 4) is 0 Å². The minimum atomic E-state index is -1.94. The normalized spacial score (nSPS) is 26.1. The molecule has 0 saturated carbocycles. The van der Waals surface area contributed by atoms with Crippen LogP contribution in [0.1, 0.15) is 52.5 Å². The molecule has 1 aromatic carbocycles. The van der Waals surface area contributed by atoms with Gasteiger partial charge in [-0.2, -0.15) is 0 Å². The Bertz CT molecular complexity index is 997. The zero-order valence-corrected chi connectivity index (χ0v) is 24.1. The number of nitrogens with zero attached hydrogens (tertiary/aromatic N) is 1. The first-order valence-corrected chi connectivity index (χ1v) is 15.8. The molecule has 3 rings (SSSR count). The third-order valence-electron chi connectivity index (χ3n) is 8.37. The standard InChI is InChI=1S/C29H43NO5Si/c1-9-15-29-19-24(31)26(21(2)27(32)33-6)23(18-25(29)34-20-22-13-11-10-12-14-22)30(29)16-17-35-36(7,8)28(3,4)5/h9-14,23,25H,1,15-20H2,2-8H3/b26-21-. The number of ether oxygens (including phenoxy) is 2. The van der Waals surface area contributed by atoms with E-state index in [0.29, 0.717) is 43.7 Å². The molecule has 3 atom stereocenters. The number of benzene rings is 1. The van der Waals surface area contributed by atoms with Gasteiger partial charge in [0.1, 0.15) is 0 Å². The Kier molecular flexibility index (Phi) is 8.81. The Labute approximate surface area is 217 Å². The number of Topliss-reactive ketones (excluding diaryl/α,β-unsaturated/α-hetero) is 1. The number of esters is 1. The number of rotatable bonds is 10. The lowest BCUT2D eigenvalue weighted by Crippen LogP contribution is -2.59. The molecule has 0 aliphatic carbocycles. The van der Waals surface area contributed by atoms with Crippen LogP contribution >= 0.6 is 0 Å². The first-order chi connectivity index (χ1) is 16.9. The average molecular weight is 514 g/mol. The van der Waals surface area contributed by atoms with Crippen molar-refractivity contribution < 1.29 is 23.5 Å². The molecule has 0 amide bonds. The van der Waals surface area contributed by atoms with Crippen LogP contribution in [-0.4, -0.2) is 62.9 Å². The van der Waals surface area contributed by atoms with Crippen LogP contribution in [0.3, 0.4) is 0 Å². The Morgan fingerprint density at radius 1 is 1.25 bits per heavy atom. The van der Waals surface area contributed by atoms with Gasteiger partial charge in [0.15, 0.2) is 14.1 Å². The Hall–Kier alpha value is -2.06. The van der Waals surface area contributed by atoms with Crippen molar-refractivity contribution in [3.63, 3.8) is 0 Å². The zero-order chi connectivity index (χ0) is 26.7. The predicted molar refractivity (Wildman–Crippen MR) is 145 cm³/mol. The number of hydrogen-bond donors (Lipinski definition) is 0. The molecule has 1 aromatic rings. The summed E-state index contributed by atoms with van der Waals surface area (Å²) in [5.41, 5.74) is 1.52. The molecule has 0 aromatic heterocycles. The molecule has 3 unspecified atom stereocenters. The molecule has 2 bridgehead atoms. The number of carbonyl (C=O) groups excluding carboxylic acids is 2. The Morgan fingerprint density at radius 3 is 2.50 bits per heavy atom. The van der Waals surface area contributed by atoms with Crippen molar-refractivity contribution in [2.24, 2.45) is 0 Å². The van der Waals surface area contributed by atoms with Gasteiger partial charge in [0.25, 0.3) is 0 Å². The van der Waals surface area contributed by atoms with Gasteiger partial charge in [-0.15, -0.1) is 6.58 Å². The van der Waals surface area contributed by atoms with Crippen LogP contribution in [0.5, 0.6) is 0 Å². The Morgan fingerprint density at radius 2 is 1.92 bits per heavy atom. The van der Waals surface area contributed by atoms with E-state index in [1.807, 2.05) is 36.4 Å². The fourth-order valence-electron chi connectivity index (χ4n) is 5.37. The molecule has 0 spiro atoms. The highest BCUT2D eigenvalue weighted by Gasteiger charge is 2.59. The Balaban J connectivity index is 1.96. The molecule has 2 fully saturated rings. The van der Waals surface area contributed by atoms with Gasteiger partial charge in [0.2, 0.25) is 0 Å². The van der Waals surface area contributed by atoms with Gasteiger partial charge in [0.05, 0.1) is 25.4 Å². The van der Waals surface area contributed by atoms with Gasteiger partial charge in [-0.3, -0.25) is 9.69 Å². The van der Waals surface area contributed by atoms with Crippen LogP contribution in [0.15, 0.2) is 54.1 Å². The fourth-order valence-corrected chi connectivity index (χ4v) is 6.41. The van der Waals surface area contributed by atoms with E-state index in [1.165, 1.54) is 7.11 Å². The summed E-state index contributed by atoms with van der Waals surface area (Å²) in [6.45, 7) is 18.6. The number of ketones is 1. The van der Waals surface area contributed by atoms with E-state index >= 15 is 0 Å². The average Bonchev–Trinajstić information content (AvgIpc) is 3.02. The molecule has 7 heteroatoms. The van der Waals surface area contributed by atoms with Crippen molar-refractivity contribution >= 4 is 20.1 Å². The number of hydrogen-bond acceptors (Lipinski definition) is 6. The number of fused-ring (bicyclic) bond motifs is 2. The minimum absolute atomic E-state index is 0.00266. The molecule has 198 valence electrons. The largest absolute Gasteiger partial charge is 0.466 e. The number of piperidine rings is 1. The highest BCUT2D eigenvalue weighted by Crippen LogP contribution is 2.49. The molecule has 2 saturated heterocycles. The molecular formula is C29H43NO5Si. The van der Waals surface area contributed by atoms with E-state index in [-0.39, 0.29) is 29.4 Å². The number of carbonyl (C=O) groups is 2. The second-order valence-electron chi connectivity index (χ2n) is 11.6. The second kappa shape index (κ2) is 11.1. The summed E-state index contributed by atoms with van der Waals surface area (Å²) in [5.74, 6) is -0.460. The molecule has 2 aliphatic heterocycles. The van der Waals surface area contributed by atoms with Crippen molar-refractivity contribution in [3.05, 3.63) is 59.7 Å². The van der Waals surface area contributed by atoms with Crippen molar-refractivity contribution in [2.75, 3.05) is 20.3 Å². The van der Waals surface area contributed by atoms with Gasteiger partial charge in [-0.05, 0) is 43.5 Å². The van der Waals surface area contributed by atoms with E-state index in [9.17, 15) is 9.59 Å². The van der Waals surface area contributed by atoms with Gasteiger partial charge in [0, 0.05) is 36.8 Å². The summed E-state index contributed by atoms with van der Waals surface area (Å²) < 4.78 is 18.1. The lowest BCUT2D eigenvalue weighted by molar-refractivity contribution is -0.137. The third-order valence-corrected chi connectivity index (χ3v) is 12.9. The summed E-state index contributed by atoms with van der Waals surface area (Å²) in [6, 6.07) is 9.85. The first kappa shape index (κ1) is 28.5. The minimum Gasteiger partial charge on any atom is -0.466 e. The molecule has 2 aliphatic rings. The van der Waals surface area contributed by atoms with Crippen LogP contribution in [-0.2, 0) is 30.1 Å². The molecule has 2 heterocycles. The van der Waals surface area contributed by atoms with Gasteiger partial charge in [-0.25, -0.2) is 4.79 Å². The summed E-state index contributed by atoms with van der Waals surface area (Å²) in [5, 5.41) is 0.108. The van der Waals surface area contributed by atoms with Crippen LogP contribution in [0.2, 0.25) is 18.1 Å². The quantitative estimate of drug-likeness (QED) is 0.180. The highest BCUT2D eigenvalue weighted by atomic mass is 28.4. The van der Waals surface area contributed by atoms with Crippen LogP contribution < -0.4 is 0 Å². The van der Waals surface area contributed by atoms with Crippen molar-refractivity contribution in [2.45, 2.75) is 89.4 Å². The van der Waals surface area contributed by atoms with E-state index in [0.717, 1.165) is 5.56 Å². The topological polar surface area (TPSA) is 65.1 Å². The molecular weight excluding hydrogens is 470 g/mol. The number of methoxy groups -OCH3 is 1. The van der Waals surface area contributed by atoms with Crippen LogP contribution in [0.4, 0.5) is 0 Å². The first-order valence-electron chi connectivity index (χ1n) is 12.9. The predicted octanol–water partition coefficient (Wildman–Crippen LogP) is 5.45. The monoisotopic (exact) mass is 513 g/mol. The summed E-state index contributed by atoms with van der Waals surface area (Å²) in [7, 11) is -0.585. The van der Waals surface area contributed by atoms with E-state index in [4.69, 9.17) is 13.9 Å². The van der Waals surface area contributed by atoms with E-state index in [1.54, 1.807) is 6.92 Å². The SMILES string of the molecule is C=CCC12CC(=O)/C(=C(/C)C(=O)OC)C(CC1OCc1ccccc1)N2CCO[Si](C)(C)C(C)(C)C. The smallest absolute Gasteiger partial charge is 0.333 e. The second-order valence-corrected chi connectivity index (χ2v) is 16.4. The van der Waals surface area contributed by atoms with E-state index in [2.05, 4.69) is 45.3 Å².